The van der Waals surface area contributed by atoms with Crippen LogP contribution < -0.4 is 10.5 Å². The molecule has 4 N–H and O–H groups in total. The number of primary sulfonamides is 1. The first-order chi connectivity index (χ1) is 8.17. The van der Waals surface area contributed by atoms with Gasteiger partial charge in [0.1, 0.15) is 0 Å². The van der Waals surface area contributed by atoms with Crippen LogP contribution in [-0.4, -0.2) is 55.8 Å². The van der Waals surface area contributed by atoms with Crippen molar-refractivity contribution in [1.82, 2.24) is 10.2 Å². The summed E-state index contributed by atoms with van der Waals surface area (Å²) in [7, 11) is -3.62. The van der Waals surface area contributed by atoms with E-state index in [4.69, 9.17) is 10.2 Å². The van der Waals surface area contributed by atoms with E-state index in [-0.39, 0.29) is 18.8 Å². The van der Waals surface area contributed by atoms with Crippen molar-refractivity contribution in [2.24, 2.45) is 11.1 Å². The van der Waals surface area contributed by atoms with Gasteiger partial charge in [-0.2, -0.15) is 0 Å². The van der Waals surface area contributed by atoms with Crippen molar-refractivity contribution in [2.45, 2.75) is 13.8 Å². The first-order valence-corrected chi connectivity index (χ1v) is 7.15. The maximum absolute atomic E-state index is 11.6. The molecule has 1 atom stereocenters. The molecule has 2 amide bonds. The van der Waals surface area contributed by atoms with Gasteiger partial charge in [0.2, 0.25) is 10.0 Å². The average molecular weight is 281 g/mol. The number of urea groups is 1. The maximum atomic E-state index is 11.6. The van der Waals surface area contributed by atoms with Crippen LogP contribution in [0.5, 0.6) is 0 Å². The van der Waals surface area contributed by atoms with Crippen molar-refractivity contribution in [3.05, 3.63) is 0 Å². The summed E-state index contributed by atoms with van der Waals surface area (Å²) in [5.41, 5.74) is 0. The van der Waals surface area contributed by atoms with Crippen molar-refractivity contribution < 1.29 is 23.1 Å². The Labute approximate surface area is 106 Å². The van der Waals surface area contributed by atoms with E-state index >= 15 is 0 Å². The Bertz CT molecular complexity index is 395. The molecule has 8 nitrogen and oxygen atoms in total. The van der Waals surface area contributed by atoms with Crippen molar-refractivity contribution in [3.8, 4) is 0 Å². The van der Waals surface area contributed by atoms with Gasteiger partial charge in [-0.25, -0.2) is 18.4 Å². The first kappa shape index (κ1) is 16.6. The summed E-state index contributed by atoms with van der Waals surface area (Å²) < 4.78 is 21.3. The van der Waals surface area contributed by atoms with Crippen LogP contribution in [0.1, 0.15) is 13.8 Å². The van der Waals surface area contributed by atoms with Gasteiger partial charge < -0.3 is 15.3 Å². The van der Waals surface area contributed by atoms with Crippen molar-refractivity contribution in [3.63, 3.8) is 0 Å². The smallest absolute Gasteiger partial charge is 0.317 e. The summed E-state index contributed by atoms with van der Waals surface area (Å²) in [5.74, 6) is -2.04. The molecule has 0 aromatic carbocycles. The van der Waals surface area contributed by atoms with Crippen LogP contribution in [0.3, 0.4) is 0 Å². The Balaban J connectivity index is 4.23. The zero-order valence-electron chi connectivity index (χ0n) is 10.4. The lowest BCUT2D eigenvalue weighted by molar-refractivity contribution is -0.141. The van der Waals surface area contributed by atoms with Gasteiger partial charge in [0.05, 0.1) is 11.7 Å². The van der Waals surface area contributed by atoms with Crippen molar-refractivity contribution in [2.75, 3.05) is 25.4 Å². The highest BCUT2D eigenvalue weighted by molar-refractivity contribution is 7.89. The second-order valence-electron chi connectivity index (χ2n) is 3.88. The third kappa shape index (κ3) is 7.07. The lowest BCUT2D eigenvalue weighted by Gasteiger charge is -2.23. The van der Waals surface area contributed by atoms with E-state index in [0.717, 1.165) is 0 Å². The minimum atomic E-state index is -3.62. The van der Waals surface area contributed by atoms with E-state index < -0.39 is 27.9 Å². The number of carboxylic acids is 1. The molecule has 0 saturated heterocycles. The molecule has 0 fully saturated rings. The average Bonchev–Trinajstić information content (AvgIpc) is 2.23. The molecular weight excluding hydrogens is 262 g/mol. The van der Waals surface area contributed by atoms with E-state index in [1.165, 1.54) is 11.8 Å². The van der Waals surface area contributed by atoms with Crippen LogP contribution in [0.25, 0.3) is 0 Å². The molecule has 0 aliphatic heterocycles. The van der Waals surface area contributed by atoms with Gasteiger partial charge in [-0.1, -0.05) is 6.92 Å². The Hall–Kier alpha value is -1.35. The van der Waals surface area contributed by atoms with E-state index in [2.05, 4.69) is 5.32 Å². The van der Waals surface area contributed by atoms with Crippen LogP contribution in [0.2, 0.25) is 0 Å². The van der Waals surface area contributed by atoms with Crippen molar-refractivity contribution >= 4 is 22.0 Å². The lowest BCUT2D eigenvalue weighted by atomic mass is 10.2. The Morgan fingerprint density at radius 2 is 2.00 bits per heavy atom. The SMILES string of the molecule is CCN(CC(C)C(=O)O)C(=O)NCCS(N)(=O)=O. The number of nitrogens with one attached hydrogen (secondary N) is 1. The minimum absolute atomic E-state index is 0.0625. The van der Waals surface area contributed by atoms with Crippen molar-refractivity contribution in [1.29, 1.82) is 0 Å². The molecule has 0 rings (SSSR count). The molecule has 0 aliphatic carbocycles. The zero-order chi connectivity index (χ0) is 14.3. The number of carbonyl (C=O) groups is 2. The Morgan fingerprint density at radius 3 is 2.39 bits per heavy atom. The minimum Gasteiger partial charge on any atom is -0.481 e. The Morgan fingerprint density at radius 1 is 1.44 bits per heavy atom. The molecule has 0 spiro atoms. The molecule has 18 heavy (non-hydrogen) atoms. The number of carbonyl (C=O) groups excluding carboxylic acids is 1. The third-order valence-electron chi connectivity index (χ3n) is 2.25. The van der Waals surface area contributed by atoms with Crippen LogP contribution in [0.4, 0.5) is 4.79 Å². The quantitative estimate of drug-likeness (QED) is 0.552. The van der Waals surface area contributed by atoms with Crippen LogP contribution in [0, 0.1) is 5.92 Å². The van der Waals surface area contributed by atoms with Gasteiger partial charge in [-0.15, -0.1) is 0 Å². The number of nitrogens with zero attached hydrogens (tertiary/aromatic N) is 1. The largest absolute Gasteiger partial charge is 0.481 e. The highest BCUT2D eigenvalue weighted by Crippen LogP contribution is 2.00. The van der Waals surface area contributed by atoms with Gasteiger partial charge >= 0.3 is 12.0 Å². The predicted molar refractivity (Wildman–Crippen MR) is 65.4 cm³/mol. The fraction of sp³-hybridized carbons (Fsp3) is 0.778. The van der Waals surface area contributed by atoms with Gasteiger partial charge in [0.15, 0.2) is 0 Å². The Kier molecular flexibility index (Phi) is 6.63. The molecule has 106 valence electrons. The number of carboxylic acid groups (broad SMARTS) is 1. The first-order valence-electron chi connectivity index (χ1n) is 5.43. The van der Waals surface area contributed by atoms with Crippen LogP contribution in [-0.2, 0) is 14.8 Å². The summed E-state index contributed by atoms with van der Waals surface area (Å²) in [6.45, 7) is 3.48. The molecule has 0 aromatic heterocycles. The van der Waals surface area contributed by atoms with Gasteiger partial charge in [0.25, 0.3) is 0 Å². The molecule has 0 aromatic rings. The predicted octanol–water partition coefficient (Wildman–Crippen LogP) is -0.973. The monoisotopic (exact) mass is 281 g/mol. The van der Waals surface area contributed by atoms with Gasteiger partial charge in [-0.05, 0) is 6.92 Å². The second-order valence-corrected chi connectivity index (χ2v) is 5.61. The third-order valence-corrected chi connectivity index (χ3v) is 3.02. The summed E-state index contributed by atoms with van der Waals surface area (Å²) in [6, 6.07) is -0.505. The fourth-order valence-electron chi connectivity index (χ4n) is 1.18. The number of nitrogens with two attached hydrogens (primary N) is 1. The zero-order valence-corrected chi connectivity index (χ0v) is 11.2. The normalized spacial score (nSPS) is 12.8. The van der Waals surface area contributed by atoms with E-state index in [1.807, 2.05) is 0 Å². The summed E-state index contributed by atoms with van der Waals surface area (Å²) in [6.07, 6.45) is 0. The molecule has 0 radical (unpaired) electrons. The topological polar surface area (TPSA) is 130 Å². The molecule has 0 aliphatic rings. The molecular formula is C9H19N3O5S. The molecule has 0 bridgehead atoms. The molecule has 1 unspecified atom stereocenters. The van der Waals surface area contributed by atoms with Gasteiger partial charge in [0, 0.05) is 19.6 Å². The number of aliphatic carboxylic acids is 1. The molecule has 0 heterocycles. The van der Waals surface area contributed by atoms with E-state index in [1.54, 1.807) is 6.92 Å². The number of hydrogen-bond donors (Lipinski definition) is 3. The maximum Gasteiger partial charge on any atom is 0.317 e. The number of rotatable bonds is 7. The summed E-state index contributed by atoms with van der Waals surface area (Å²) in [5, 5.41) is 15.9. The second kappa shape index (κ2) is 7.17. The molecule has 0 saturated carbocycles. The number of amides is 2. The highest BCUT2D eigenvalue weighted by atomic mass is 32.2. The molecule has 9 heteroatoms. The van der Waals surface area contributed by atoms with E-state index in [0.29, 0.717) is 6.54 Å². The van der Waals surface area contributed by atoms with Crippen LogP contribution >= 0.6 is 0 Å². The summed E-state index contributed by atoms with van der Waals surface area (Å²) in [4.78, 5) is 23.6. The van der Waals surface area contributed by atoms with E-state index in [9.17, 15) is 18.0 Å². The number of hydrogen-bond acceptors (Lipinski definition) is 4. The summed E-state index contributed by atoms with van der Waals surface area (Å²) >= 11 is 0. The lowest BCUT2D eigenvalue weighted by Crippen LogP contribution is -2.44. The fourth-order valence-corrected chi connectivity index (χ4v) is 1.56. The highest BCUT2D eigenvalue weighted by Gasteiger charge is 2.19. The standard InChI is InChI=1S/C9H19N3O5S/c1-3-12(6-7(2)8(13)14)9(15)11-4-5-18(10,16)17/h7H,3-6H2,1-2H3,(H,11,15)(H,13,14)(H2,10,16,17). The number of sulfonamides is 1. The van der Waals surface area contributed by atoms with Gasteiger partial charge in [-0.3, -0.25) is 4.79 Å². The van der Waals surface area contributed by atoms with Crippen LogP contribution in [0.15, 0.2) is 0 Å².